The van der Waals surface area contributed by atoms with Crippen LogP contribution in [0.25, 0.3) is 11.1 Å². The van der Waals surface area contributed by atoms with Crippen molar-refractivity contribution in [3.63, 3.8) is 0 Å². The van der Waals surface area contributed by atoms with E-state index in [1.807, 2.05) is 18.2 Å². The Morgan fingerprint density at radius 2 is 1.91 bits per heavy atom. The molecule has 0 bridgehead atoms. The van der Waals surface area contributed by atoms with Crippen molar-refractivity contribution in [2.45, 2.75) is 45.3 Å². The molecule has 1 saturated heterocycles. The Bertz CT molecular complexity index is 992. The summed E-state index contributed by atoms with van der Waals surface area (Å²) in [7, 11) is 0. The first-order valence-corrected chi connectivity index (χ1v) is 11.4. The molecule has 2 aromatic carbocycles. The van der Waals surface area contributed by atoms with Gasteiger partial charge in [-0.2, -0.15) is 0 Å². The molecule has 0 amide bonds. The molecule has 4 rings (SSSR count). The van der Waals surface area contributed by atoms with Crippen molar-refractivity contribution in [2.75, 3.05) is 24.7 Å². The molecule has 0 N–H and O–H groups in total. The van der Waals surface area contributed by atoms with E-state index in [-0.39, 0.29) is 18.9 Å². The van der Waals surface area contributed by atoms with Crippen LogP contribution in [0, 0.1) is 0 Å². The van der Waals surface area contributed by atoms with Gasteiger partial charge < -0.3 is 14.4 Å². The Morgan fingerprint density at radius 3 is 2.62 bits per heavy atom. The molecule has 32 heavy (non-hydrogen) atoms. The molecule has 5 heteroatoms. The fourth-order valence-electron chi connectivity index (χ4n) is 4.05. The van der Waals surface area contributed by atoms with Crippen LogP contribution in [0.4, 0.5) is 10.1 Å². The Labute approximate surface area is 190 Å². The van der Waals surface area contributed by atoms with E-state index in [2.05, 4.69) is 66.2 Å². The molecule has 1 aromatic heterocycles. The van der Waals surface area contributed by atoms with Crippen LogP contribution in [0.15, 0.2) is 66.9 Å². The number of benzene rings is 2. The molecule has 0 aliphatic carbocycles. The number of pyridine rings is 1. The quantitative estimate of drug-likeness (QED) is 0.408. The first-order chi connectivity index (χ1) is 15.6. The highest BCUT2D eigenvalue weighted by atomic mass is 19.1. The fraction of sp³-hybridized carbons (Fsp3) is 0.370. The molecule has 0 radical (unpaired) electrons. The number of hydrogen-bond acceptors (Lipinski definition) is 4. The van der Waals surface area contributed by atoms with Gasteiger partial charge in [0.1, 0.15) is 11.9 Å². The number of alkyl halides is 1. The molecule has 1 unspecified atom stereocenters. The maximum atomic E-state index is 12.4. The highest BCUT2D eigenvalue weighted by Crippen LogP contribution is 2.36. The minimum atomic E-state index is -0.301. The molecular weight excluding hydrogens is 403 g/mol. The van der Waals surface area contributed by atoms with Gasteiger partial charge in [-0.05, 0) is 55.5 Å². The molecule has 1 fully saturated rings. The largest absolute Gasteiger partial charge is 0.489 e. The van der Waals surface area contributed by atoms with E-state index in [1.165, 1.54) is 5.56 Å². The second-order valence-corrected chi connectivity index (χ2v) is 8.49. The van der Waals surface area contributed by atoms with Gasteiger partial charge in [0.2, 0.25) is 5.88 Å². The number of anilines is 1. The van der Waals surface area contributed by atoms with Gasteiger partial charge in [-0.3, -0.25) is 4.39 Å². The van der Waals surface area contributed by atoms with Gasteiger partial charge in [-0.15, -0.1) is 0 Å². The lowest BCUT2D eigenvalue weighted by molar-refractivity contribution is 0.215. The summed E-state index contributed by atoms with van der Waals surface area (Å²) in [5.74, 6) is 1.52. The highest BCUT2D eigenvalue weighted by Gasteiger charge is 2.27. The molecule has 1 aliphatic heterocycles. The van der Waals surface area contributed by atoms with Gasteiger partial charge in [-0.1, -0.05) is 42.5 Å². The van der Waals surface area contributed by atoms with E-state index in [9.17, 15) is 4.39 Å². The number of ether oxygens (including phenoxy) is 2. The molecule has 0 spiro atoms. The van der Waals surface area contributed by atoms with Crippen molar-refractivity contribution in [1.29, 1.82) is 0 Å². The van der Waals surface area contributed by atoms with E-state index in [1.54, 1.807) is 6.20 Å². The summed E-state index contributed by atoms with van der Waals surface area (Å²) in [6.45, 7) is 5.49. The molecule has 168 valence electrons. The van der Waals surface area contributed by atoms with Crippen LogP contribution >= 0.6 is 0 Å². The lowest BCUT2D eigenvalue weighted by Gasteiger charge is -2.24. The van der Waals surface area contributed by atoms with Crippen LogP contribution in [0.1, 0.15) is 32.3 Å². The standard InChI is InChI=1S/C27H31FN2O2/c1-20(2)31-26-17-23(22-8-4-3-5-9-22)11-12-25(26)30-16-14-24(19-30)32-27-13-10-21(18-29-27)7-6-15-28/h3-5,8-13,17-18,20,24H,6-7,14-16,19H2,1-2H3. The van der Waals surface area contributed by atoms with Crippen molar-refractivity contribution in [3.05, 3.63) is 72.4 Å². The summed E-state index contributed by atoms with van der Waals surface area (Å²) in [6.07, 6.45) is 4.11. The highest BCUT2D eigenvalue weighted by molar-refractivity contribution is 5.71. The van der Waals surface area contributed by atoms with Gasteiger partial charge >= 0.3 is 0 Å². The van der Waals surface area contributed by atoms with Crippen LogP contribution in [-0.2, 0) is 6.42 Å². The Morgan fingerprint density at radius 1 is 1.06 bits per heavy atom. The average Bonchev–Trinajstić information content (AvgIpc) is 3.27. The van der Waals surface area contributed by atoms with Crippen molar-refractivity contribution in [1.82, 2.24) is 4.98 Å². The molecule has 2 heterocycles. The van der Waals surface area contributed by atoms with E-state index in [4.69, 9.17) is 9.47 Å². The normalized spacial score (nSPS) is 15.9. The topological polar surface area (TPSA) is 34.6 Å². The van der Waals surface area contributed by atoms with Crippen molar-refractivity contribution >= 4 is 5.69 Å². The van der Waals surface area contributed by atoms with Gasteiger partial charge in [0, 0.05) is 25.2 Å². The minimum Gasteiger partial charge on any atom is -0.489 e. The summed E-state index contributed by atoms with van der Waals surface area (Å²) in [5, 5.41) is 0. The van der Waals surface area contributed by atoms with Crippen molar-refractivity contribution < 1.29 is 13.9 Å². The maximum absolute atomic E-state index is 12.4. The maximum Gasteiger partial charge on any atom is 0.213 e. The minimum absolute atomic E-state index is 0.0693. The van der Waals surface area contributed by atoms with Crippen LogP contribution in [-0.4, -0.2) is 37.0 Å². The second kappa shape index (κ2) is 10.5. The lowest BCUT2D eigenvalue weighted by atomic mass is 10.0. The zero-order chi connectivity index (χ0) is 22.3. The van der Waals surface area contributed by atoms with Crippen LogP contribution in [0.3, 0.4) is 0 Å². The van der Waals surface area contributed by atoms with Crippen molar-refractivity contribution in [3.8, 4) is 22.8 Å². The fourth-order valence-corrected chi connectivity index (χ4v) is 4.05. The molecule has 1 aliphatic rings. The summed E-state index contributed by atoms with van der Waals surface area (Å²) in [6, 6.07) is 20.7. The zero-order valence-corrected chi connectivity index (χ0v) is 18.8. The molecule has 0 saturated carbocycles. The predicted octanol–water partition coefficient (Wildman–Crippen LogP) is 6.10. The summed E-state index contributed by atoms with van der Waals surface area (Å²) >= 11 is 0. The molecule has 3 aromatic rings. The zero-order valence-electron chi connectivity index (χ0n) is 18.8. The molecule has 4 nitrogen and oxygen atoms in total. The number of hydrogen-bond donors (Lipinski definition) is 0. The molecular formula is C27H31FN2O2. The first-order valence-electron chi connectivity index (χ1n) is 11.4. The van der Waals surface area contributed by atoms with Gasteiger partial charge in [0.25, 0.3) is 0 Å². The van der Waals surface area contributed by atoms with Gasteiger partial charge in [0.05, 0.1) is 25.0 Å². The second-order valence-electron chi connectivity index (χ2n) is 8.49. The van der Waals surface area contributed by atoms with Gasteiger partial charge in [0.15, 0.2) is 0 Å². The Hall–Kier alpha value is -3.08. The van der Waals surface area contributed by atoms with E-state index in [0.29, 0.717) is 18.7 Å². The third-order valence-corrected chi connectivity index (χ3v) is 5.60. The summed E-state index contributed by atoms with van der Waals surface area (Å²) in [5.41, 5.74) is 4.46. The number of aryl methyl sites for hydroxylation is 1. The monoisotopic (exact) mass is 434 g/mol. The van der Waals surface area contributed by atoms with Crippen LogP contribution in [0.5, 0.6) is 11.6 Å². The summed E-state index contributed by atoms with van der Waals surface area (Å²) < 4.78 is 24.7. The SMILES string of the molecule is CC(C)Oc1cc(-c2ccccc2)ccc1N1CCC(Oc2ccc(CCCF)cn2)C1. The molecule has 1 atom stereocenters. The third kappa shape index (κ3) is 5.58. The lowest BCUT2D eigenvalue weighted by Crippen LogP contribution is -2.25. The average molecular weight is 435 g/mol. The third-order valence-electron chi connectivity index (χ3n) is 5.60. The number of nitrogens with zero attached hydrogens (tertiary/aromatic N) is 2. The van der Waals surface area contributed by atoms with E-state index in [0.717, 1.165) is 42.1 Å². The van der Waals surface area contributed by atoms with E-state index < -0.39 is 0 Å². The Kier molecular flexibility index (Phi) is 7.25. The number of halogens is 1. The smallest absolute Gasteiger partial charge is 0.213 e. The van der Waals surface area contributed by atoms with Crippen LogP contribution < -0.4 is 14.4 Å². The Balaban J connectivity index is 1.45. The van der Waals surface area contributed by atoms with E-state index >= 15 is 0 Å². The number of rotatable bonds is 9. The van der Waals surface area contributed by atoms with Crippen molar-refractivity contribution in [2.24, 2.45) is 0 Å². The van der Waals surface area contributed by atoms with Gasteiger partial charge in [-0.25, -0.2) is 4.98 Å². The van der Waals surface area contributed by atoms with Crippen LogP contribution in [0.2, 0.25) is 0 Å². The first kappa shape index (κ1) is 22.1. The summed E-state index contributed by atoms with van der Waals surface area (Å²) in [4.78, 5) is 6.73. The predicted molar refractivity (Wildman–Crippen MR) is 127 cm³/mol. The number of aromatic nitrogens is 1.